The SMILES string of the molecule is c1ccc(-c2ccc(N(c3ccccc3-c3cccc(-n4c5ccccc5c5ccccc54)c3)c3ccc(-c4ccccc4)cc3-c3ccccc3)cc2)cc1. The number of hydrogen-bond donors (Lipinski definition) is 0. The molecule has 0 radical (unpaired) electrons. The van der Waals surface area contributed by atoms with E-state index in [9.17, 15) is 0 Å². The highest BCUT2D eigenvalue weighted by molar-refractivity contribution is 6.09. The van der Waals surface area contributed by atoms with Crippen molar-refractivity contribution in [1.29, 1.82) is 0 Å². The van der Waals surface area contributed by atoms with E-state index in [0.717, 1.165) is 45.0 Å². The number of benzene rings is 9. The minimum Gasteiger partial charge on any atom is -0.309 e. The highest BCUT2D eigenvalue weighted by Gasteiger charge is 2.22. The number of nitrogens with zero attached hydrogens (tertiary/aromatic N) is 2. The number of fused-ring (bicyclic) bond motifs is 3. The lowest BCUT2D eigenvalue weighted by Gasteiger charge is -2.30. The second-order valence-electron chi connectivity index (χ2n) is 14.1. The zero-order valence-corrected chi connectivity index (χ0v) is 30.8. The van der Waals surface area contributed by atoms with Gasteiger partial charge in [-0.05, 0) is 88.0 Å². The Kier molecular flexibility index (Phi) is 8.55. The van der Waals surface area contributed by atoms with Gasteiger partial charge in [-0.2, -0.15) is 0 Å². The van der Waals surface area contributed by atoms with Gasteiger partial charge in [0.1, 0.15) is 0 Å². The standard InChI is InChI=1S/C54H38N2/c1-4-17-39(18-5-1)41-31-34-45(35-32-41)55(54-36-33-43(40-19-6-2-7-20-40)38-50(54)42-21-8-3-9-22-42)51-28-13-10-25-47(51)44-23-16-24-46(37-44)56-52-29-14-11-26-48(52)49-27-12-15-30-53(49)56/h1-38H. The molecule has 0 spiro atoms. The highest BCUT2D eigenvalue weighted by Crippen LogP contribution is 2.46. The Morgan fingerprint density at radius 1 is 0.286 bits per heavy atom. The molecule has 9 aromatic carbocycles. The van der Waals surface area contributed by atoms with Crippen LogP contribution in [0.15, 0.2) is 231 Å². The first kappa shape index (κ1) is 33.2. The lowest BCUT2D eigenvalue weighted by atomic mass is 9.95. The molecule has 2 heteroatoms. The van der Waals surface area contributed by atoms with E-state index in [1.165, 1.54) is 44.1 Å². The maximum Gasteiger partial charge on any atom is 0.0541 e. The third-order valence-corrected chi connectivity index (χ3v) is 10.8. The molecule has 0 N–H and O–H groups in total. The lowest BCUT2D eigenvalue weighted by molar-refractivity contribution is 1.18. The van der Waals surface area contributed by atoms with Crippen molar-refractivity contribution >= 4 is 38.9 Å². The summed E-state index contributed by atoms with van der Waals surface area (Å²) < 4.78 is 2.40. The Labute approximate surface area is 327 Å². The number of hydrogen-bond acceptors (Lipinski definition) is 1. The van der Waals surface area contributed by atoms with Crippen LogP contribution in [0.3, 0.4) is 0 Å². The molecule has 264 valence electrons. The average molecular weight is 715 g/mol. The zero-order valence-electron chi connectivity index (χ0n) is 30.8. The molecule has 0 amide bonds. The Bertz CT molecular complexity index is 2890. The largest absolute Gasteiger partial charge is 0.309 e. The summed E-state index contributed by atoms with van der Waals surface area (Å²) in [5, 5.41) is 2.51. The van der Waals surface area contributed by atoms with Crippen molar-refractivity contribution in [3.8, 4) is 50.2 Å². The summed E-state index contributed by atoms with van der Waals surface area (Å²) in [6.45, 7) is 0. The molecular formula is C54H38N2. The quantitative estimate of drug-likeness (QED) is 0.152. The molecule has 0 bridgehead atoms. The summed E-state index contributed by atoms with van der Waals surface area (Å²) >= 11 is 0. The molecule has 0 fully saturated rings. The first-order chi connectivity index (χ1) is 27.8. The van der Waals surface area contributed by atoms with Gasteiger partial charge >= 0.3 is 0 Å². The first-order valence-corrected chi connectivity index (χ1v) is 19.2. The monoisotopic (exact) mass is 714 g/mol. The Balaban J connectivity index is 1.18. The van der Waals surface area contributed by atoms with Crippen LogP contribution in [0.5, 0.6) is 0 Å². The minimum atomic E-state index is 1.08. The highest BCUT2D eigenvalue weighted by atomic mass is 15.1. The predicted molar refractivity (Wildman–Crippen MR) is 237 cm³/mol. The van der Waals surface area contributed by atoms with Gasteiger partial charge in [0.2, 0.25) is 0 Å². The zero-order chi connectivity index (χ0) is 37.3. The molecule has 10 aromatic rings. The summed E-state index contributed by atoms with van der Waals surface area (Å²) in [6, 6.07) is 83.1. The Morgan fingerprint density at radius 3 is 1.43 bits per heavy atom. The van der Waals surface area contributed by atoms with E-state index in [4.69, 9.17) is 0 Å². The smallest absolute Gasteiger partial charge is 0.0541 e. The van der Waals surface area contributed by atoms with Crippen LogP contribution in [0.2, 0.25) is 0 Å². The fourth-order valence-electron chi connectivity index (χ4n) is 8.16. The molecular weight excluding hydrogens is 677 g/mol. The van der Waals surface area contributed by atoms with E-state index in [0.29, 0.717) is 0 Å². The minimum absolute atomic E-state index is 1.08. The molecule has 1 aromatic heterocycles. The van der Waals surface area contributed by atoms with Crippen molar-refractivity contribution in [2.75, 3.05) is 4.90 Å². The summed E-state index contributed by atoms with van der Waals surface area (Å²) in [4.78, 5) is 2.44. The van der Waals surface area contributed by atoms with Gasteiger partial charge in [-0.15, -0.1) is 0 Å². The summed E-state index contributed by atoms with van der Waals surface area (Å²) in [7, 11) is 0. The van der Waals surface area contributed by atoms with E-state index in [-0.39, 0.29) is 0 Å². The van der Waals surface area contributed by atoms with Gasteiger partial charge in [0, 0.05) is 33.3 Å². The van der Waals surface area contributed by atoms with Crippen molar-refractivity contribution in [3.63, 3.8) is 0 Å². The molecule has 0 aliphatic heterocycles. The average Bonchev–Trinajstić information content (AvgIpc) is 3.62. The molecule has 0 saturated heterocycles. The van der Waals surface area contributed by atoms with Crippen LogP contribution in [-0.2, 0) is 0 Å². The maximum atomic E-state index is 2.44. The van der Waals surface area contributed by atoms with E-state index in [1.807, 2.05) is 0 Å². The number of anilines is 3. The van der Waals surface area contributed by atoms with Crippen LogP contribution in [0.25, 0.3) is 72.0 Å². The molecule has 0 saturated carbocycles. The van der Waals surface area contributed by atoms with Gasteiger partial charge in [0.05, 0.1) is 22.4 Å². The number of aromatic nitrogens is 1. The summed E-state index contributed by atoms with van der Waals surface area (Å²) in [5.74, 6) is 0. The molecule has 56 heavy (non-hydrogen) atoms. The van der Waals surface area contributed by atoms with Crippen LogP contribution < -0.4 is 4.90 Å². The lowest BCUT2D eigenvalue weighted by Crippen LogP contribution is -2.12. The first-order valence-electron chi connectivity index (χ1n) is 19.2. The van der Waals surface area contributed by atoms with Gasteiger partial charge in [0.25, 0.3) is 0 Å². The predicted octanol–water partition coefficient (Wildman–Crippen LogP) is 14.9. The molecule has 1 heterocycles. The fraction of sp³-hybridized carbons (Fsp3) is 0. The van der Waals surface area contributed by atoms with Gasteiger partial charge in [-0.1, -0.05) is 176 Å². The van der Waals surface area contributed by atoms with E-state index in [2.05, 4.69) is 240 Å². The number of para-hydroxylation sites is 3. The molecule has 0 aliphatic carbocycles. The van der Waals surface area contributed by atoms with Crippen molar-refractivity contribution in [3.05, 3.63) is 231 Å². The molecule has 2 nitrogen and oxygen atoms in total. The van der Waals surface area contributed by atoms with Crippen molar-refractivity contribution < 1.29 is 0 Å². The van der Waals surface area contributed by atoms with Crippen LogP contribution in [0.1, 0.15) is 0 Å². The fourth-order valence-corrected chi connectivity index (χ4v) is 8.16. The van der Waals surface area contributed by atoms with Gasteiger partial charge in [-0.3, -0.25) is 0 Å². The molecule has 0 unspecified atom stereocenters. The number of rotatable bonds is 8. The summed E-state index contributed by atoms with van der Waals surface area (Å²) in [6.07, 6.45) is 0. The van der Waals surface area contributed by atoms with E-state index >= 15 is 0 Å². The van der Waals surface area contributed by atoms with Crippen molar-refractivity contribution in [2.24, 2.45) is 0 Å². The van der Waals surface area contributed by atoms with Crippen LogP contribution in [-0.4, -0.2) is 4.57 Å². The molecule has 0 aliphatic rings. The Morgan fingerprint density at radius 2 is 0.768 bits per heavy atom. The molecule has 10 rings (SSSR count). The van der Waals surface area contributed by atoms with E-state index < -0.39 is 0 Å². The van der Waals surface area contributed by atoms with Crippen LogP contribution in [0, 0.1) is 0 Å². The van der Waals surface area contributed by atoms with Crippen LogP contribution in [0.4, 0.5) is 17.1 Å². The third-order valence-electron chi connectivity index (χ3n) is 10.8. The van der Waals surface area contributed by atoms with Crippen molar-refractivity contribution in [2.45, 2.75) is 0 Å². The molecule has 0 atom stereocenters. The second-order valence-corrected chi connectivity index (χ2v) is 14.1. The summed E-state index contributed by atoms with van der Waals surface area (Å²) in [5.41, 5.74) is 16.2. The van der Waals surface area contributed by atoms with Crippen molar-refractivity contribution in [1.82, 2.24) is 4.57 Å². The van der Waals surface area contributed by atoms with Gasteiger partial charge in [0.15, 0.2) is 0 Å². The van der Waals surface area contributed by atoms with E-state index in [1.54, 1.807) is 0 Å². The maximum absolute atomic E-state index is 2.44. The normalized spacial score (nSPS) is 11.2. The van der Waals surface area contributed by atoms with Gasteiger partial charge < -0.3 is 9.47 Å². The van der Waals surface area contributed by atoms with Crippen LogP contribution >= 0.6 is 0 Å². The third kappa shape index (κ3) is 6.04. The topological polar surface area (TPSA) is 8.17 Å². The van der Waals surface area contributed by atoms with Gasteiger partial charge in [-0.25, -0.2) is 0 Å². The second kappa shape index (κ2) is 14.4. The Hall–Kier alpha value is -7.42.